The maximum Gasteiger partial charge on any atom is 0.419 e. The lowest BCUT2D eigenvalue weighted by molar-refractivity contribution is -0.137. The molecule has 218 valence electrons. The quantitative estimate of drug-likeness (QED) is 0.376. The van der Waals surface area contributed by atoms with E-state index in [0.717, 1.165) is 74.1 Å². The van der Waals surface area contributed by atoms with Crippen LogP contribution >= 0.6 is 0 Å². The normalized spacial score (nSPS) is 21.1. The highest BCUT2D eigenvalue weighted by atomic mass is 19.4. The standard InChI is InChI=1S/C31H38F3N7/c1-4-30(2)12-17-39(3)26-18-21(9-10-23(26)30)36-28-22-11-16-41(29-24(31(32,33)34)8-7-13-35-29)19-25(22)37-27(38-28)20-40-14-5-6-15-40/h7-10,13,18H,4-6,11-12,14-17,19-20H2,1-3H3,(H,36,37,38). The molecule has 1 atom stereocenters. The van der Waals surface area contributed by atoms with Crippen LogP contribution in [0.4, 0.5) is 36.2 Å². The summed E-state index contributed by atoms with van der Waals surface area (Å²) in [4.78, 5) is 20.4. The molecule has 3 aromatic rings. The summed E-state index contributed by atoms with van der Waals surface area (Å²) in [5.41, 5.74) is 4.70. The van der Waals surface area contributed by atoms with Gasteiger partial charge in [-0.05, 0) is 80.4 Å². The number of hydrogen-bond acceptors (Lipinski definition) is 7. The molecule has 0 saturated carbocycles. The molecule has 3 aliphatic heterocycles. The first kappa shape index (κ1) is 27.8. The van der Waals surface area contributed by atoms with E-state index in [4.69, 9.17) is 9.97 Å². The van der Waals surface area contributed by atoms with E-state index in [1.54, 1.807) is 4.90 Å². The summed E-state index contributed by atoms with van der Waals surface area (Å²) in [7, 11) is 2.14. The van der Waals surface area contributed by atoms with Crippen molar-refractivity contribution >= 4 is 23.0 Å². The number of nitrogens with one attached hydrogen (secondary N) is 1. The number of likely N-dealkylation sites (tertiary alicyclic amines) is 1. The second kappa shape index (κ2) is 10.8. The molecule has 7 nitrogen and oxygen atoms in total. The van der Waals surface area contributed by atoms with Gasteiger partial charge in [-0.2, -0.15) is 13.2 Å². The van der Waals surface area contributed by atoms with E-state index in [2.05, 4.69) is 59.2 Å². The number of halogens is 3. The third-order valence-electron chi connectivity index (χ3n) is 9.17. The Kier molecular flexibility index (Phi) is 7.30. The summed E-state index contributed by atoms with van der Waals surface area (Å²) in [5, 5.41) is 3.59. The van der Waals surface area contributed by atoms with E-state index in [0.29, 0.717) is 25.3 Å². The maximum atomic E-state index is 13.8. The van der Waals surface area contributed by atoms with Gasteiger partial charge in [0.15, 0.2) is 0 Å². The van der Waals surface area contributed by atoms with Crippen LogP contribution in [0.15, 0.2) is 36.5 Å². The monoisotopic (exact) mass is 565 g/mol. The Balaban J connectivity index is 1.35. The Morgan fingerprint density at radius 3 is 2.61 bits per heavy atom. The molecule has 1 N–H and O–H groups in total. The lowest BCUT2D eigenvalue weighted by atomic mass is 9.74. The fourth-order valence-electron chi connectivity index (χ4n) is 6.46. The Bertz CT molecular complexity index is 1420. The van der Waals surface area contributed by atoms with Gasteiger partial charge in [0.2, 0.25) is 0 Å². The molecule has 1 saturated heterocycles. The van der Waals surface area contributed by atoms with Gasteiger partial charge in [-0.3, -0.25) is 4.90 Å². The van der Waals surface area contributed by atoms with Crippen molar-refractivity contribution in [1.82, 2.24) is 19.9 Å². The van der Waals surface area contributed by atoms with Gasteiger partial charge in [0.25, 0.3) is 0 Å². The molecule has 1 unspecified atom stereocenters. The molecule has 5 heterocycles. The van der Waals surface area contributed by atoms with E-state index in [-0.39, 0.29) is 17.8 Å². The second-order valence-electron chi connectivity index (χ2n) is 11.9. The van der Waals surface area contributed by atoms with Gasteiger partial charge in [-0.1, -0.05) is 19.9 Å². The van der Waals surface area contributed by atoms with E-state index < -0.39 is 11.7 Å². The van der Waals surface area contributed by atoms with Crippen LogP contribution in [-0.4, -0.2) is 53.1 Å². The highest BCUT2D eigenvalue weighted by Crippen LogP contribution is 2.43. The van der Waals surface area contributed by atoms with Gasteiger partial charge >= 0.3 is 6.18 Å². The maximum absolute atomic E-state index is 13.8. The molecule has 2 aromatic heterocycles. The number of hydrogen-bond donors (Lipinski definition) is 1. The number of aromatic nitrogens is 3. The predicted octanol–water partition coefficient (Wildman–Crippen LogP) is 6.30. The average molecular weight is 566 g/mol. The van der Waals surface area contributed by atoms with Crippen molar-refractivity contribution in [3.63, 3.8) is 0 Å². The third-order valence-corrected chi connectivity index (χ3v) is 9.17. The average Bonchev–Trinajstić information content (AvgIpc) is 3.47. The smallest absolute Gasteiger partial charge is 0.374 e. The number of pyridine rings is 1. The first-order valence-electron chi connectivity index (χ1n) is 14.7. The van der Waals surface area contributed by atoms with Crippen molar-refractivity contribution in [1.29, 1.82) is 0 Å². The third kappa shape index (κ3) is 5.46. The highest BCUT2D eigenvalue weighted by Gasteiger charge is 2.37. The van der Waals surface area contributed by atoms with Crippen molar-refractivity contribution < 1.29 is 13.2 Å². The van der Waals surface area contributed by atoms with Gasteiger partial charge in [0, 0.05) is 43.3 Å². The minimum atomic E-state index is -4.48. The van der Waals surface area contributed by atoms with Crippen LogP contribution in [0.2, 0.25) is 0 Å². The molecule has 1 aromatic carbocycles. The zero-order valence-electron chi connectivity index (χ0n) is 24.1. The van der Waals surface area contributed by atoms with Crippen LogP contribution in [0.3, 0.4) is 0 Å². The number of anilines is 4. The number of alkyl halides is 3. The summed E-state index contributed by atoms with van der Waals surface area (Å²) >= 11 is 0. The van der Waals surface area contributed by atoms with Crippen molar-refractivity contribution in [2.45, 2.75) is 70.6 Å². The molecule has 0 aliphatic carbocycles. The van der Waals surface area contributed by atoms with E-state index in [9.17, 15) is 13.2 Å². The zero-order chi connectivity index (χ0) is 28.8. The van der Waals surface area contributed by atoms with E-state index in [1.807, 2.05) is 0 Å². The van der Waals surface area contributed by atoms with Crippen LogP contribution < -0.4 is 15.1 Å². The number of benzene rings is 1. The number of rotatable bonds is 6. The zero-order valence-corrected chi connectivity index (χ0v) is 24.1. The number of nitrogens with zero attached hydrogens (tertiary/aromatic N) is 6. The molecule has 3 aliphatic rings. The van der Waals surface area contributed by atoms with Gasteiger partial charge in [0.1, 0.15) is 17.5 Å². The Labute approximate surface area is 239 Å². The molecule has 6 rings (SSSR count). The van der Waals surface area contributed by atoms with Crippen LogP contribution in [0.5, 0.6) is 0 Å². The molecule has 0 bridgehead atoms. The van der Waals surface area contributed by atoms with Crippen molar-refractivity contribution in [2.24, 2.45) is 0 Å². The summed E-state index contributed by atoms with van der Waals surface area (Å²) in [6.07, 6.45) is 1.99. The Morgan fingerprint density at radius 1 is 1.05 bits per heavy atom. The van der Waals surface area contributed by atoms with Gasteiger partial charge in [-0.15, -0.1) is 0 Å². The van der Waals surface area contributed by atoms with Crippen LogP contribution in [0.1, 0.15) is 67.7 Å². The van der Waals surface area contributed by atoms with E-state index >= 15 is 0 Å². The van der Waals surface area contributed by atoms with Gasteiger partial charge in [-0.25, -0.2) is 15.0 Å². The summed E-state index contributed by atoms with van der Waals surface area (Å²) in [6, 6.07) is 8.99. The lowest BCUT2D eigenvalue weighted by Gasteiger charge is -2.40. The molecular formula is C31H38F3N7. The molecule has 0 radical (unpaired) electrons. The number of fused-ring (bicyclic) bond motifs is 2. The van der Waals surface area contributed by atoms with Crippen LogP contribution in [-0.2, 0) is 31.1 Å². The van der Waals surface area contributed by atoms with Crippen LogP contribution in [0, 0.1) is 0 Å². The molecular weight excluding hydrogens is 527 g/mol. The summed E-state index contributed by atoms with van der Waals surface area (Å²) < 4.78 is 41.4. The molecule has 0 amide bonds. The highest BCUT2D eigenvalue weighted by molar-refractivity contribution is 5.70. The first-order chi connectivity index (χ1) is 19.6. The fourth-order valence-corrected chi connectivity index (χ4v) is 6.46. The van der Waals surface area contributed by atoms with Gasteiger partial charge in [0.05, 0.1) is 24.3 Å². The minimum Gasteiger partial charge on any atom is -0.374 e. The molecule has 41 heavy (non-hydrogen) atoms. The fraction of sp³-hybridized carbons (Fsp3) is 0.516. The second-order valence-corrected chi connectivity index (χ2v) is 11.9. The molecule has 1 fully saturated rings. The Morgan fingerprint density at radius 2 is 1.85 bits per heavy atom. The predicted molar refractivity (Wildman–Crippen MR) is 156 cm³/mol. The van der Waals surface area contributed by atoms with E-state index in [1.165, 1.54) is 23.5 Å². The summed E-state index contributed by atoms with van der Waals surface area (Å²) in [5.74, 6) is 1.40. The van der Waals surface area contributed by atoms with Crippen molar-refractivity contribution in [3.8, 4) is 0 Å². The largest absolute Gasteiger partial charge is 0.419 e. The topological polar surface area (TPSA) is 60.4 Å². The molecule has 10 heteroatoms. The van der Waals surface area contributed by atoms with Crippen LogP contribution in [0.25, 0.3) is 0 Å². The lowest BCUT2D eigenvalue weighted by Crippen LogP contribution is -2.36. The SMILES string of the molecule is CCC1(C)CCN(C)c2cc(Nc3nc(CN4CCCC4)nc4c3CCN(c3ncccc3C(F)(F)F)C4)ccc21. The van der Waals surface area contributed by atoms with Crippen molar-refractivity contribution in [2.75, 3.05) is 48.3 Å². The first-order valence-corrected chi connectivity index (χ1v) is 14.7. The minimum absolute atomic E-state index is 0.0449. The molecule has 0 spiro atoms. The van der Waals surface area contributed by atoms with Crippen molar-refractivity contribution in [3.05, 3.63) is 64.7 Å². The van der Waals surface area contributed by atoms with Gasteiger partial charge < -0.3 is 15.1 Å². The Hall–Kier alpha value is -3.40. The summed E-state index contributed by atoms with van der Waals surface area (Å²) in [6.45, 7) is 8.89.